The normalized spacial score (nSPS) is 13.1. The van der Waals surface area contributed by atoms with E-state index in [4.69, 9.17) is 4.55 Å². The van der Waals surface area contributed by atoms with Crippen molar-refractivity contribution in [2.24, 2.45) is 0 Å². The molecule has 0 saturated heterocycles. The van der Waals surface area contributed by atoms with Crippen molar-refractivity contribution in [3.63, 3.8) is 0 Å². The van der Waals surface area contributed by atoms with Gasteiger partial charge in [0, 0.05) is 0 Å². The van der Waals surface area contributed by atoms with E-state index >= 15 is 0 Å². The lowest BCUT2D eigenvalue weighted by Crippen LogP contribution is -2.39. The molecule has 6 heteroatoms. The smallest absolute Gasteiger partial charge is 0.286 e. The summed E-state index contributed by atoms with van der Waals surface area (Å²) in [7, 11) is -4.24. The maximum Gasteiger partial charge on any atom is 0.286 e. The van der Waals surface area contributed by atoms with Crippen molar-refractivity contribution in [1.82, 2.24) is 5.32 Å². The van der Waals surface area contributed by atoms with Crippen LogP contribution in [0.2, 0.25) is 0 Å². The lowest BCUT2D eigenvalue weighted by atomic mass is 10.1. The van der Waals surface area contributed by atoms with E-state index in [0.717, 1.165) is 25.3 Å². The highest BCUT2D eigenvalue weighted by molar-refractivity contribution is 7.86. The largest absolute Gasteiger partial charge is 0.334 e. The second-order valence-corrected chi connectivity index (χ2v) is 5.16. The molecule has 0 radical (unpaired) electrons. The molecule has 0 aliphatic rings. The molecule has 1 atom stereocenters. The summed E-state index contributed by atoms with van der Waals surface area (Å²) >= 11 is 0. The van der Waals surface area contributed by atoms with Crippen LogP contribution in [0, 0.1) is 0 Å². The number of carbonyl (C=O) groups excluding carboxylic acids is 1. The van der Waals surface area contributed by atoms with Crippen molar-refractivity contribution >= 4 is 16.0 Å². The molecule has 0 aliphatic heterocycles. The second kappa shape index (κ2) is 7.40. The number of rotatable bonds is 8. The van der Waals surface area contributed by atoms with Gasteiger partial charge in [-0.15, -0.1) is 0 Å². The van der Waals surface area contributed by atoms with Gasteiger partial charge in [0.25, 0.3) is 10.1 Å². The quantitative estimate of drug-likeness (QED) is 0.387. The fourth-order valence-electron chi connectivity index (χ4n) is 1.27. The summed E-state index contributed by atoms with van der Waals surface area (Å²) in [6, 6.07) is 0. The van der Waals surface area contributed by atoms with Crippen LogP contribution in [0.4, 0.5) is 0 Å². The minimum atomic E-state index is -4.24. The number of hydrogen-bond donors (Lipinski definition) is 2. The van der Waals surface area contributed by atoms with Crippen LogP contribution in [0.5, 0.6) is 0 Å². The zero-order chi connectivity index (χ0) is 12.6. The first kappa shape index (κ1) is 15.1. The highest BCUT2D eigenvalue weighted by atomic mass is 32.2. The van der Waals surface area contributed by atoms with Gasteiger partial charge < -0.3 is 5.32 Å². The predicted molar refractivity (Wildman–Crippen MR) is 62.4 cm³/mol. The third-order valence-electron chi connectivity index (χ3n) is 2.17. The van der Waals surface area contributed by atoms with Crippen molar-refractivity contribution in [2.75, 3.05) is 0 Å². The Morgan fingerprint density at radius 2 is 2.06 bits per heavy atom. The van der Waals surface area contributed by atoms with Gasteiger partial charge in [0.1, 0.15) is 0 Å². The molecule has 0 rings (SSSR count). The molecule has 1 unspecified atom stereocenters. The zero-order valence-electron chi connectivity index (χ0n) is 9.48. The molecule has 16 heavy (non-hydrogen) atoms. The molecule has 0 bridgehead atoms. The van der Waals surface area contributed by atoms with E-state index in [-0.39, 0.29) is 6.42 Å². The van der Waals surface area contributed by atoms with E-state index < -0.39 is 21.4 Å². The van der Waals surface area contributed by atoms with Crippen LogP contribution in [0.1, 0.15) is 39.0 Å². The molecule has 0 saturated carbocycles. The summed E-state index contributed by atoms with van der Waals surface area (Å²) in [6.07, 6.45) is 4.77. The Balaban J connectivity index is 4.23. The average Bonchev–Trinajstić information content (AvgIpc) is 2.20. The molecule has 1 amide bonds. The molecular weight excluding hydrogens is 230 g/mol. The van der Waals surface area contributed by atoms with Crippen LogP contribution in [-0.2, 0) is 14.9 Å². The minimum Gasteiger partial charge on any atom is -0.334 e. The Kier molecular flexibility index (Phi) is 7.00. The monoisotopic (exact) mass is 249 g/mol. The maximum atomic E-state index is 11.0. The molecule has 0 spiro atoms. The summed E-state index contributed by atoms with van der Waals surface area (Å²) in [6.45, 7) is 5.26. The second-order valence-electron chi connectivity index (χ2n) is 3.57. The van der Waals surface area contributed by atoms with E-state index in [2.05, 4.69) is 11.9 Å². The van der Waals surface area contributed by atoms with Gasteiger partial charge in [-0.05, 0) is 12.5 Å². The minimum absolute atomic E-state index is 0.221. The van der Waals surface area contributed by atoms with Crippen molar-refractivity contribution in [3.05, 3.63) is 12.7 Å². The summed E-state index contributed by atoms with van der Waals surface area (Å²) in [5, 5.41) is 0.962. The van der Waals surface area contributed by atoms with Crippen molar-refractivity contribution < 1.29 is 17.8 Å². The van der Waals surface area contributed by atoms with Gasteiger partial charge >= 0.3 is 0 Å². The van der Waals surface area contributed by atoms with Crippen molar-refractivity contribution in [1.29, 1.82) is 0 Å². The van der Waals surface area contributed by atoms with Crippen LogP contribution >= 0.6 is 0 Å². The van der Waals surface area contributed by atoms with Crippen LogP contribution in [0.15, 0.2) is 12.7 Å². The summed E-state index contributed by atoms with van der Waals surface area (Å²) in [5.41, 5.74) is 0. The molecule has 0 aromatic rings. The van der Waals surface area contributed by atoms with Gasteiger partial charge in [0.05, 0.1) is 0 Å². The molecule has 0 aliphatic carbocycles. The van der Waals surface area contributed by atoms with Crippen LogP contribution < -0.4 is 5.32 Å². The van der Waals surface area contributed by atoms with E-state index in [1.165, 1.54) is 0 Å². The average molecular weight is 249 g/mol. The molecular formula is C10H19NO4S. The third kappa shape index (κ3) is 6.58. The third-order valence-corrected chi connectivity index (χ3v) is 3.24. The molecule has 0 heterocycles. The highest BCUT2D eigenvalue weighted by Crippen LogP contribution is 2.09. The fourth-order valence-corrected chi connectivity index (χ4v) is 2.00. The van der Waals surface area contributed by atoms with E-state index in [9.17, 15) is 13.2 Å². The summed E-state index contributed by atoms with van der Waals surface area (Å²) < 4.78 is 30.8. The Labute approximate surface area is 96.7 Å². The SMILES string of the molecule is C=CC(=O)NC(CCCCCC)S(=O)(=O)O. The van der Waals surface area contributed by atoms with Gasteiger partial charge in [-0.25, -0.2) is 0 Å². The molecule has 0 aromatic heterocycles. The highest BCUT2D eigenvalue weighted by Gasteiger charge is 2.23. The number of nitrogens with one attached hydrogen (secondary N) is 1. The number of unbranched alkanes of at least 4 members (excludes halogenated alkanes) is 3. The summed E-state index contributed by atoms with van der Waals surface area (Å²) in [4.78, 5) is 11.0. The lowest BCUT2D eigenvalue weighted by molar-refractivity contribution is -0.116. The van der Waals surface area contributed by atoms with Gasteiger partial charge in [-0.3, -0.25) is 9.35 Å². The Morgan fingerprint density at radius 3 is 2.50 bits per heavy atom. The lowest BCUT2D eigenvalue weighted by Gasteiger charge is -2.14. The summed E-state index contributed by atoms with van der Waals surface area (Å²) in [5.74, 6) is -0.599. The first-order chi connectivity index (χ1) is 7.41. The molecule has 0 aromatic carbocycles. The van der Waals surface area contributed by atoms with Crippen molar-refractivity contribution in [2.45, 2.75) is 44.4 Å². The van der Waals surface area contributed by atoms with Crippen molar-refractivity contribution in [3.8, 4) is 0 Å². The molecule has 94 valence electrons. The standard InChI is InChI=1S/C10H19NO4S/c1-3-5-6-7-8-10(16(13,14)15)11-9(12)4-2/h4,10H,2-3,5-8H2,1H3,(H,11,12)(H,13,14,15). The fraction of sp³-hybridized carbons (Fsp3) is 0.700. The van der Waals surface area contributed by atoms with Crippen LogP contribution in [0.3, 0.4) is 0 Å². The molecule has 5 nitrogen and oxygen atoms in total. The van der Waals surface area contributed by atoms with Crippen LogP contribution in [-0.4, -0.2) is 24.3 Å². The van der Waals surface area contributed by atoms with Gasteiger partial charge in [0.15, 0.2) is 5.37 Å². The Hall–Kier alpha value is -0.880. The predicted octanol–water partition coefficient (Wildman–Crippen LogP) is 1.47. The van der Waals surface area contributed by atoms with E-state index in [1.54, 1.807) is 0 Å². The number of carbonyl (C=O) groups is 1. The Bertz CT molecular complexity index is 324. The van der Waals surface area contributed by atoms with Gasteiger partial charge in [0.2, 0.25) is 5.91 Å². The van der Waals surface area contributed by atoms with Crippen LogP contribution in [0.25, 0.3) is 0 Å². The zero-order valence-corrected chi connectivity index (χ0v) is 10.3. The topological polar surface area (TPSA) is 83.5 Å². The molecule has 0 fully saturated rings. The number of hydrogen-bond acceptors (Lipinski definition) is 3. The number of amides is 1. The first-order valence-corrected chi connectivity index (χ1v) is 6.81. The first-order valence-electron chi connectivity index (χ1n) is 5.31. The van der Waals surface area contributed by atoms with Gasteiger partial charge in [-0.1, -0.05) is 39.2 Å². The maximum absolute atomic E-state index is 11.0. The van der Waals surface area contributed by atoms with E-state index in [1.807, 2.05) is 6.92 Å². The molecule has 2 N–H and O–H groups in total. The Morgan fingerprint density at radius 1 is 1.44 bits per heavy atom. The van der Waals surface area contributed by atoms with Gasteiger partial charge in [-0.2, -0.15) is 8.42 Å². The van der Waals surface area contributed by atoms with E-state index in [0.29, 0.717) is 6.42 Å².